The number of carbonyl (C=O) groups excluding carboxylic acids is 2. The molecule has 0 aromatic carbocycles. The van der Waals surface area contributed by atoms with E-state index in [1.807, 2.05) is 18.4 Å². The Morgan fingerprint density at radius 1 is 1.36 bits per heavy atom. The summed E-state index contributed by atoms with van der Waals surface area (Å²) < 4.78 is 0. The highest BCUT2D eigenvalue weighted by molar-refractivity contribution is 7.10. The third-order valence-corrected chi connectivity index (χ3v) is 5.87. The van der Waals surface area contributed by atoms with E-state index in [9.17, 15) is 14.7 Å². The SMILES string of the molecule is CCN(CC)CCN1C(=O)C(O)=C(C(=O)C(C)C)C1c1sccc1C. The highest BCUT2D eigenvalue weighted by Gasteiger charge is 2.44. The zero-order valence-electron chi connectivity index (χ0n) is 15.7. The Hall–Kier alpha value is -1.66. The quantitative estimate of drug-likeness (QED) is 0.769. The van der Waals surface area contributed by atoms with Gasteiger partial charge in [-0.2, -0.15) is 0 Å². The standard InChI is InChI=1S/C19H28N2O3S/c1-6-20(7-2)9-10-21-15(18-13(5)8-11-25-18)14(16(22)12(3)4)17(23)19(21)24/h8,11-12,15,23H,6-7,9-10H2,1-5H3. The Bertz CT molecular complexity index is 674. The van der Waals surface area contributed by atoms with Gasteiger partial charge in [0.15, 0.2) is 11.5 Å². The number of likely N-dealkylation sites (N-methyl/N-ethyl adjacent to an activating group) is 1. The summed E-state index contributed by atoms with van der Waals surface area (Å²) in [6, 6.07) is 1.51. The number of aryl methyl sites for hydroxylation is 1. The van der Waals surface area contributed by atoms with Gasteiger partial charge in [-0.3, -0.25) is 9.59 Å². The monoisotopic (exact) mass is 364 g/mol. The Morgan fingerprint density at radius 3 is 2.48 bits per heavy atom. The number of hydrogen-bond donors (Lipinski definition) is 1. The summed E-state index contributed by atoms with van der Waals surface area (Å²) in [7, 11) is 0. The predicted molar refractivity (Wildman–Crippen MR) is 101 cm³/mol. The van der Waals surface area contributed by atoms with Gasteiger partial charge >= 0.3 is 0 Å². The highest BCUT2D eigenvalue weighted by atomic mass is 32.1. The summed E-state index contributed by atoms with van der Waals surface area (Å²) >= 11 is 1.53. The van der Waals surface area contributed by atoms with Gasteiger partial charge in [0, 0.05) is 23.9 Å². The minimum Gasteiger partial charge on any atom is -0.503 e. The highest BCUT2D eigenvalue weighted by Crippen LogP contribution is 2.41. The molecule has 1 amide bonds. The van der Waals surface area contributed by atoms with Gasteiger partial charge in [-0.25, -0.2) is 0 Å². The maximum atomic E-state index is 12.7. The second-order valence-corrected chi connectivity index (χ2v) is 7.62. The van der Waals surface area contributed by atoms with Gasteiger partial charge in [-0.1, -0.05) is 27.7 Å². The summed E-state index contributed by atoms with van der Waals surface area (Å²) in [5.41, 5.74) is 1.30. The van der Waals surface area contributed by atoms with Crippen LogP contribution in [0.5, 0.6) is 0 Å². The summed E-state index contributed by atoms with van der Waals surface area (Å²) in [6.07, 6.45) is 0. The number of hydrogen-bond acceptors (Lipinski definition) is 5. The van der Waals surface area contributed by atoms with Crippen molar-refractivity contribution in [3.63, 3.8) is 0 Å². The van der Waals surface area contributed by atoms with Crippen LogP contribution >= 0.6 is 11.3 Å². The summed E-state index contributed by atoms with van der Waals surface area (Å²) in [5, 5.41) is 12.4. The van der Waals surface area contributed by atoms with Crippen LogP contribution in [0, 0.1) is 12.8 Å². The normalized spacial score (nSPS) is 18.1. The Kier molecular flexibility index (Phi) is 6.41. The average Bonchev–Trinajstić information content (AvgIpc) is 3.10. The maximum Gasteiger partial charge on any atom is 0.290 e. The lowest BCUT2D eigenvalue weighted by Gasteiger charge is -2.29. The molecule has 1 N–H and O–H groups in total. The summed E-state index contributed by atoms with van der Waals surface area (Å²) in [6.45, 7) is 12.7. The fourth-order valence-electron chi connectivity index (χ4n) is 3.17. The third kappa shape index (κ3) is 3.80. The maximum absolute atomic E-state index is 12.7. The number of aliphatic hydroxyl groups is 1. The topological polar surface area (TPSA) is 60.9 Å². The van der Waals surface area contributed by atoms with Crippen LogP contribution in [0.2, 0.25) is 0 Å². The first-order valence-corrected chi connectivity index (χ1v) is 9.75. The molecular weight excluding hydrogens is 336 g/mol. The molecule has 5 nitrogen and oxygen atoms in total. The van der Waals surface area contributed by atoms with E-state index in [0.29, 0.717) is 6.54 Å². The molecule has 1 unspecified atom stereocenters. The first kappa shape index (κ1) is 19.7. The van der Waals surface area contributed by atoms with Crippen molar-refractivity contribution in [2.45, 2.75) is 40.7 Å². The van der Waals surface area contributed by atoms with E-state index in [4.69, 9.17) is 0 Å². The van der Waals surface area contributed by atoms with Crippen molar-refractivity contribution in [2.75, 3.05) is 26.2 Å². The van der Waals surface area contributed by atoms with Gasteiger partial charge < -0.3 is 14.9 Å². The summed E-state index contributed by atoms with van der Waals surface area (Å²) in [4.78, 5) is 30.3. The lowest BCUT2D eigenvalue weighted by molar-refractivity contribution is -0.129. The van der Waals surface area contributed by atoms with Crippen LogP contribution in [0.1, 0.15) is 44.2 Å². The van der Waals surface area contributed by atoms with E-state index in [0.717, 1.165) is 30.1 Å². The van der Waals surface area contributed by atoms with Crippen molar-refractivity contribution in [3.05, 3.63) is 33.2 Å². The number of thiophene rings is 1. The van der Waals surface area contributed by atoms with E-state index < -0.39 is 11.9 Å². The Balaban J connectivity index is 2.41. The zero-order chi connectivity index (χ0) is 18.7. The van der Waals surface area contributed by atoms with Crippen LogP contribution in [0.3, 0.4) is 0 Å². The number of aliphatic hydroxyl groups excluding tert-OH is 1. The third-order valence-electron chi connectivity index (χ3n) is 4.80. The van der Waals surface area contributed by atoms with Crippen molar-refractivity contribution in [1.29, 1.82) is 0 Å². The number of amides is 1. The van der Waals surface area contributed by atoms with Crippen molar-refractivity contribution >= 4 is 23.0 Å². The van der Waals surface area contributed by atoms with E-state index in [1.165, 1.54) is 11.3 Å². The first-order chi connectivity index (χ1) is 11.8. The molecule has 0 radical (unpaired) electrons. The molecule has 1 aromatic rings. The molecule has 1 aromatic heterocycles. The molecule has 0 saturated carbocycles. The number of carbonyl (C=O) groups is 2. The zero-order valence-corrected chi connectivity index (χ0v) is 16.5. The second-order valence-electron chi connectivity index (χ2n) is 6.68. The smallest absolute Gasteiger partial charge is 0.290 e. The summed E-state index contributed by atoms with van der Waals surface area (Å²) in [5.74, 6) is -1.24. The molecule has 6 heteroatoms. The molecule has 1 atom stereocenters. The largest absolute Gasteiger partial charge is 0.503 e. The van der Waals surface area contributed by atoms with E-state index in [-0.39, 0.29) is 23.0 Å². The van der Waals surface area contributed by atoms with Gasteiger partial charge in [0.1, 0.15) is 0 Å². The molecule has 2 rings (SSSR count). The van der Waals surface area contributed by atoms with E-state index in [2.05, 4.69) is 18.7 Å². The van der Waals surface area contributed by atoms with Gasteiger partial charge in [0.05, 0.1) is 11.6 Å². The molecule has 0 fully saturated rings. The fraction of sp³-hybridized carbons (Fsp3) is 0.579. The average molecular weight is 365 g/mol. The molecule has 25 heavy (non-hydrogen) atoms. The van der Waals surface area contributed by atoms with Crippen LogP contribution < -0.4 is 0 Å². The lowest BCUT2D eigenvalue weighted by Crippen LogP contribution is -2.38. The molecule has 0 spiro atoms. The first-order valence-electron chi connectivity index (χ1n) is 8.88. The van der Waals surface area contributed by atoms with Crippen LogP contribution in [0.15, 0.2) is 22.8 Å². The second kappa shape index (κ2) is 8.15. The Labute approximate surface area is 153 Å². The molecule has 2 heterocycles. The molecular formula is C19H28N2O3S. The van der Waals surface area contributed by atoms with Crippen molar-refractivity contribution in [1.82, 2.24) is 9.80 Å². The molecule has 0 saturated heterocycles. The molecule has 138 valence electrons. The number of rotatable bonds is 8. The van der Waals surface area contributed by atoms with E-state index in [1.54, 1.807) is 18.7 Å². The van der Waals surface area contributed by atoms with Crippen LogP contribution in [-0.4, -0.2) is 52.8 Å². The lowest BCUT2D eigenvalue weighted by atomic mass is 9.94. The molecule has 1 aliphatic rings. The van der Waals surface area contributed by atoms with Crippen LogP contribution in [0.4, 0.5) is 0 Å². The van der Waals surface area contributed by atoms with E-state index >= 15 is 0 Å². The minimum atomic E-state index is -0.474. The predicted octanol–water partition coefficient (Wildman–Crippen LogP) is 3.32. The van der Waals surface area contributed by atoms with Gasteiger partial charge in [-0.15, -0.1) is 11.3 Å². The minimum absolute atomic E-state index is 0.158. The number of Topliss-reactive ketones (excluding diaryl/α,β-unsaturated/α-hetero) is 1. The molecule has 1 aliphatic heterocycles. The van der Waals surface area contributed by atoms with Gasteiger partial charge in [0.25, 0.3) is 5.91 Å². The Morgan fingerprint density at radius 2 is 2.00 bits per heavy atom. The van der Waals surface area contributed by atoms with Crippen LogP contribution in [-0.2, 0) is 9.59 Å². The van der Waals surface area contributed by atoms with Crippen LogP contribution in [0.25, 0.3) is 0 Å². The van der Waals surface area contributed by atoms with Crippen molar-refractivity contribution in [2.24, 2.45) is 5.92 Å². The fourth-order valence-corrected chi connectivity index (χ4v) is 4.22. The van der Waals surface area contributed by atoms with Crippen molar-refractivity contribution in [3.8, 4) is 0 Å². The van der Waals surface area contributed by atoms with Gasteiger partial charge in [0.2, 0.25) is 0 Å². The van der Waals surface area contributed by atoms with Crippen molar-refractivity contribution < 1.29 is 14.7 Å². The van der Waals surface area contributed by atoms with Gasteiger partial charge in [-0.05, 0) is 37.0 Å². The number of ketones is 1. The molecule has 0 aliphatic carbocycles. The molecule has 0 bridgehead atoms. The number of nitrogens with zero attached hydrogens (tertiary/aromatic N) is 2.